The van der Waals surface area contributed by atoms with Crippen LogP contribution in [-0.4, -0.2) is 40.2 Å². The van der Waals surface area contributed by atoms with Gasteiger partial charge < -0.3 is 9.88 Å². The molecule has 1 N–H and O–H groups in total. The van der Waals surface area contributed by atoms with Crippen LogP contribution < -0.4 is 4.90 Å². The molecule has 31 heavy (non-hydrogen) atoms. The van der Waals surface area contributed by atoms with Gasteiger partial charge >= 0.3 is 0 Å². The summed E-state index contributed by atoms with van der Waals surface area (Å²) in [4.78, 5) is 45.1. The van der Waals surface area contributed by atoms with Crippen molar-refractivity contribution in [3.63, 3.8) is 0 Å². The number of amides is 3. The number of benzene rings is 2. The largest absolute Gasteiger partial charge is 0.361 e. The summed E-state index contributed by atoms with van der Waals surface area (Å²) < 4.78 is 0. The Labute approximate surface area is 184 Å². The van der Waals surface area contributed by atoms with Crippen LogP contribution in [-0.2, 0) is 20.8 Å². The van der Waals surface area contributed by atoms with Crippen molar-refractivity contribution < 1.29 is 14.4 Å². The number of nitrogens with zero attached hydrogens (tertiary/aromatic N) is 2. The van der Waals surface area contributed by atoms with E-state index in [9.17, 15) is 14.4 Å². The van der Waals surface area contributed by atoms with Crippen LogP contribution in [0.15, 0.2) is 54.7 Å². The standard InChI is InChI=1S/C24H22ClN3O3/c25-17-7-9-18(10-8-17)28-22(29)13-21(24(28)31)27(23(30)15-5-6-15)12-11-16-14-26-20-4-2-1-3-19(16)20/h1-4,7-10,14-15,21,26H,5-6,11-13H2. The third-order valence-electron chi connectivity index (χ3n) is 6.09. The lowest BCUT2D eigenvalue weighted by Crippen LogP contribution is -2.47. The van der Waals surface area contributed by atoms with Gasteiger partial charge in [-0.25, -0.2) is 4.90 Å². The molecule has 0 bridgehead atoms. The van der Waals surface area contributed by atoms with Gasteiger partial charge in [0.25, 0.3) is 5.91 Å². The number of nitrogens with one attached hydrogen (secondary N) is 1. The Morgan fingerprint density at radius 3 is 2.58 bits per heavy atom. The summed E-state index contributed by atoms with van der Waals surface area (Å²) in [6.45, 7) is 0.398. The molecule has 3 amide bonds. The number of aromatic amines is 1. The summed E-state index contributed by atoms with van der Waals surface area (Å²) in [5.74, 6) is -0.697. The molecule has 1 unspecified atom stereocenters. The summed E-state index contributed by atoms with van der Waals surface area (Å²) in [7, 11) is 0. The van der Waals surface area contributed by atoms with E-state index in [0.29, 0.717) is 23.7 Å². The van der Waals surface area contributed by atoms with E-state index in [1.54, 1.807) is 29.2 Å². The van der Waals surface area contributed by atoms with Crippen LogP contribution in [0.2, 0.25) is 5.02 Å². The van der Waals surface area contributed by atoms with Gasteiger partial charge in [-0.3, -0.25) is 14.4 Å². The van der Waals surface area contributed by atoms with E-state index in [1.165, 1.54) is 4.90 Å². The molecule has 6 nitrogen and oxygen atoms in total. The van der Waals surface area contributed by atoms with Gasteiger partial charge in [0, 0.05) is 34.6 Å². The van der Waals surface area contributed by atoms with Crippen molar-refractivity contribution in [2.45, 2.75) is 31.7 Å². The van der Waals surface area contributed by atoms with Crippen molar-refractivity contribution in [2.75, 3.05) is 11.4 Å². The van der Waals surface area contributed by atoms with Crippen molar-refractivity contribution in [3.05, 3.63) is 65.3 Å². The van der Waals surface area contributed by atoms with Gasteiger partial charge in [0.1, 0.15) is 6.04 Å². The summed E-state index contributed by atoms with van der Waals surface area (Å²) in [5, 5.41) is 1.64. The first-order chi connectivity index (χ1) is 15.0. The molecule has 7 heteroatoms. The highest BCUT2D eigenvalue weighted by Gasteiger charge is 2.46. The van der Waals surface area contributed by atoms with Crippen LogP contribution in [0.3, 0.4) is 0 Å². The molecule has 1 saturated carbocycles. The Hall–Kier alpha value is -3.12. The first-order valence-electron chi connectivity index (χ1n) is 10.5. The third kappa shape index (κ3) is 3.72. The SMILES string of the molecule is O=C1CC(N(CCc2c[nH]c3ccccc23)C(=O)C2CC2)C(=O)N1c1ccc(Cl)cc1. The second-order valence-corrected chi connectivity index (χ2v) is 8.62. The molecule has 2 aliphatic rings. The van der Waals surface area contributed by atoms with Crippen LogP contribution in [0.5, 0.6) is 0 Å². The fraction of sp³-hybridized carbons (Fsp3) is 0.292. The minimum atomic E-state index is -0.763. The highest BCUT2D eigenvalue weighted by atomic mass is 35.5. The highest BCUT2D eigenvalue weighted by molar-refractivity contribution is 6.30. The van der Waals surface area contributed by atoms with E-state index in [2.05, 4.69) is 4.98 Å². The molecule has 1 aliphatic carbocycles. The molecule has 2 aromatic carbocycles. The van der Waals surface area contributed by atoms with Crippen LogP contribution in [0.1, 0.15) is 24.8 Å². The number of carbonyl (C=O) groups is 3. The molecular formula is C24H22ClN3O3. The van der Waals surface area contributed by atoms with Crippen molar-refractivity contribution in [3.8, 4) is 0 Å². The fourth-order valence-electron chi connectivity index (χ4n) is 4.28. The third-order valence-corrected chi connectivity index (χ3v) is 6.34. The van der Waals surface area contributed by atoms with Gasteiger partial charge in [0.05, 0.1) is 12.1 Å². The lowest BCUT2D eigenvalue weighted by molar-refractivity contribution is -0.139. The fourth-order valence-corrected chi connectivity index (χ4v) is 4.41. The molecule has 1 saturated heterocycles. The van der Waals surface area contributed by atoms with Gasteiger partial charge in [-0.2, -0.15) is 0 Å². The van der Waals surface area contributed by atoms with Gasteiger partial charge in [0.2, 0.25) is 11.8 Å². The number of anilines is 1. The maximum atomic E-state index is 13.2. The van der Waals surface area contributed by atoms with Crippen LogP contribution in [0.25, 0.3) is 10.9 Å². The van der Waals surface area contributed by atoms with E-state index < -0.39 is 6.04 Å². The molecule has 3 aromatic rings. The normalized spacial score (nSPS) is 18.7. The van der Waals surface area contributed by atoms with Crippen molar-refractivity contribution in [1.82, 2.24) is 9.88 Å². The molecule has 0 radical (unpaired) electrons. The Balaban J connectivity index is 1.39. The van der Waals surface area contributed by atoms with Crippen LogP contribution in [0.4, 0.5) is 5.69 Å². The van der Waals surface area contributed by atoms with Crippen LogP contribution in [0, 0.1) is 5.92 Å². The van der Waals surface area contributed by atoms with E-state index in [1.807, 2.05) is 30.5 Å². The molecule has 1 atom stereocenters. The van der Waals surface area contributed by atoms with Crippen molar-refractivity contribution in [2.24, 2.45) is 5.92 Å². The number of aromatic nitrogens is 1. The quantitative estimate of drug-likeness (QED) is 0.596. The maximum absolute atomic E-state index is 13.2. The van der Waals surface area contributed by atoms with Gasteiger partial charge in [0.15, 0.2) is 0 Å². The second kappa shape index (κ2) is 7.85. The maximum Gasteiger partial charge on any atom is 0.257 e. The molecule has 2 heterocycles. The van der Waals surface area contributed by atoms with Gasteiger partial charge in [-0.15, -0.1) is 0 Å². The number of carbonyl (C=O) groups excluding carboxylic acids is 3. The second-order valence-electron chi connectivity index (χ2n) is 8.18. The van der Waals surface area contributed by atoms with E-state index in [0.717, 1.165) is 29.3 Å². The van der Waals surface area contributed by atoms with E-state index in [4.69, 9.17) is 11.6 Å². The molecule has 0 spiro atoms. The van der Waals surface area contributed by atoms with Crippen molar-refractivity contribution >= 4 is 45.9 Å². The summed E-state index contributed by atoms with van der Waals surface area (Å²) in [5.41, 5.74) is 2.62. The predicted molar refractivity (Wildman–Crippen MR) is 119 cm³/mol. The average Bonchev–Trinajstić information content (AvgIpc) is 3.48. The Morgan fingerprint density at radius 1 is 1.10 bits per heavy atom. The number of hydrogen-bond acceptors (Lipinski definition) is 3. The van der Waals surface area contributed by atoms with Gasteiger partial charge in [-0.1, -0.05) is 29.8 Å². The average molecular weight is 436 g/mol. The Morgan fingerprint density at radius 2 is 1.84 bits per heavy atom. The Bertz CT molecular complexity index is 1170. The molecule has 1 aromatic heterocycles. The molecule has 158 valence electrons. The predicted octanol–water partition coefficient (Wildman–Crippen LogP) is 3.93. The summed E-state index contributed by atoms with van der Waals surface area (Å²) >= 11 is 5.94. The minimum absolute atomic E-state index is 0.00774. The lowest BCUT2D eigenvalue weighted by Gasteiger charge is -2.28. The molecule has 2 fully saturated rings. The number of fused-ring (bicyclic) bond motifs is 1. The zero-order valence-electron chi connectivity index (χ0n) is 16.9. The number of H-pyrrole nitrogens is 1. The smallest absolute Gasteiger partial charge is 0.257 e. The zero-order chi connectivity index (χ0) is 21.5. The van der Waals surface area contributed by atoms with E-state index >= 15 is 0 Å². The van der Waals surface area contributed by atoms with E-state index in [-0.39, 0.29) is 30.1 Å². The number of para-hydroxylation sites is 1. The van der Waals surface area contributed by atoms with Gasteiger partial charge in [-0.05, 0) is 55.2 Å². The highest BCUT2D eigenvalue weighted by Crippen LogP contribution is 2.34. The van der Waals surface area contributed by atoms with Crippen LogP contribution >= 0.6 is 11.6 Å². The summed E-state index contributed by atoms with van der Waals surface area (Å²) in [6, 6.07) is 13.8. The molecular weight excluding hydrogens is 414 g/mol. The number of halogens is 1. The lowest BCUT2D eigenvalue weighted by atomic mass is 10.1. The molecule has 1 aliphatic heterocycles. The number of imide groups is 1. The number of rotatable bonds is 6. The monoisotopic (exact) mass is 435 g/mol. The first kappa shape index (κ1) is 19.8. The minimum Gasteiger partial charge on any atom is -0.361 e. The topological polar surface area (TPSA) is 73.5 Å². The summed E-state index contributed by atoms with van der Waals surface area (Å²) in [6.07, 6.45) is 4.26. The van der Waals surface area contributed by atoms with Crippen molar-refractivity contribution in [1.29, 1.82) is 0 Å². The first-order valence-corrected chi connectivity index (χ1v) is 10.9. The molecule has 5 rings (SSSR count). The zero-order valence-corrected chi connectivity index (χ0v) is 17.6. The number of hydrogen-bond donors (Lipinski definition) is 1. The Kier molecular flexibility index (Phi) is 5.02.